The van der Waals surface area contributed by atoms with Gasteiger partial charge in [-0.05, 0) is 72.1 Å². The van der Waals surface area contributed by atoms with Gasteiger partial charge in [0.15, 0.2) is 5.78 Å². The average Bonchev–Trinajstić information content (AvgIpc) is 3.32. The Bertz CT molecular complexity index is 1310. The molecule has 2 heterocycles. The largest absolute Gasteiger partial charge is 0.467 e. The van der Waals surface area contributed by atoms with E-state index in [0.717, 1.165) is 11.1 Å². The molecule has 0 N–H and O–H groups in total. The van der Waals surface area contributed by atoms with E-state index < -0.39 is 47.0 Å². The van der Waals surface area contributed by atoms with Crippen LogP contribution in [-0.4, -0.2) is 59.4 Å². The molecule has 2 aromatic carbocycles. The lowest BCUT2D eigenvalue weighted by atomic mass is 9.72. The Labute approximate surface area is 229 Å². The second-order valence-corrected chi connectivity index (χ2v) is 12.0. The second-order valence-electron chi connectivity index (χ2n) is 12.0. The molecular weight excluding hydrogens is 500 g/mol. The maximum atomic E-state index is 13.8. The molecule has 0 spiro atoms. The minimum atomic E-state index is -1.05. The Morgan fingerprint density at radius 3 is 1.95 bits per heavy atom. The average molecular weight is 537 g/mol. The predicted octanol–water partition coefficient (Wildman–Crippen LogP) is 5.44. The third-order valence-corrected chi connectivity index (χ3v) is 6.92. The highest BCUT2D eigenvalue weighted by Crippen LogP contribution is 2.58. The number of Topliss-reactive ketones (excluding diaryl/α,β-unsaturated/α-hetero) is 1. The number of hydrogen-bond acceptors (Lipinski definition) is 7. The van der Waals surface area contributed by atoms with E-state index in [2.05, 4.69) is 0 Å². The first-order valence-electron chi connectivity index (χ1n) is 12.9. The topological polar surface area (TPSA) is 102 Å². The molecule has 1 fully saturated rings. The molecule has 3 atom stereocenters. The highest BCUT2D eigenvalue weighted by molar-refractivity contribution is 5.97. The number of benzene rings is 2. The number of anilines is 1. The van der Waals surface area contributed by atoms with Crippen LogP contribution in [0, 0.1) is 0 Å². The van der Waals surface area contributed by atoms with Gasteiger partial charge >= 0.3 is 18.2 Å². The summed E-state index contributed by atoms with van der Waals surface area (Å²) in [6.07, 6.45) is -2.31. The molecule has 208 valence electrons. The summed E-state index contributed by atoms with van der Waals surface area (Å²) in [4.78, 5) is 55.7. The summed E-state index contributed by atoms with van der Waals surface area (Å²) in [6.45, 7) is 12.0. The van der Waals surface area contributed by atoms with Gasteiger partial charge in [-0.15, -0.1) is 0 Å². The van der Waals surface area contributed by atoms with Crippen LogP contribution in [0.1, 0.15) is 76.4 Å². The number of nitrogens with zero attached hydrogens (tertiary/aromatic N) is 2. The van der Waals surface area contributed by atoms with Gasteiger partial charge < -0.3 is 14.2 Å². The van der Waals surface area contributed by atoms with Crippen molar-refractivity contribution in [3.63, 3.8) is 0 Å². The monoisotopic (exact) mass is 536 g/mol. The molecule has 9 heteroatoms. The lowest BCUT2D eigenvalue weighted by Crippen LogP contribution is -2.58. The number of carbonyl (C=O) groups excluding carboxylic acids is 4. The van der Waals surface area contributed by atoms with Gasteiger partial charge in [0.05, 0.1) is 18.2 Å². The van der Waals surface area contributed by atoms with E-state index >= 15 is 0 Å². The maximum Gasteiger partial charge on any atom is 0.416 e. The molecule has 0 aromatic heterocycles. The number of ether oxygens (including phenoxy) is 3. The Morgan fingerprint density at radius 2 is 1.41 bits per heavy atom. The summed E-state index contributed by atoms with van der Waals surface area (Å²) in [6, 6.07) is 13.3. The fourth-order valence-electron chi connectivity index (χ4n) is 5.51. The third-order valence-electron chi connectivity index (χ3n) is 6.92. The molecular formula is C30H36N2O7. The van der Waals surface area contributed by atoms with E-state index in [4.69, 9.17) is 14.2 Å². The van der Waals surface area contributed by atoms with Crippen LogP contribution >= 0.6 is 0 Å². The lowest BCUT2D eigenvalue weighted by molar-refractivity contribution is -0.146. The van der Waals surface area contributed by atoms with Crippen LogP contribution in [0.25, 0.3) is 0 Å². The molecule has 9 nitrogen and oxygen atoms in total. The molecule has 2 amide bonds. The standard InChI is InChI=1S/C30H36N2O7/c1-18(33)19-13-15-20(16-14-19)30-17-23(24(34)37-8)32(27(36)39-29(5,6)7)25(30)31(26(35)38-28(2,3)4)22-12-10-9-11-21(22)30/h9-16,23,25H,17H2,1-8H3/t23-,25-,30+/m0/s1. The summed E-state index contributed by atoms with van der Waals surface area (Å²) in [5.41, 5.74) is -0.171. The van der Waals surface area contributed by atoms with Gasteiger partial charge in [0.25, 0.3) is 0 Å². The number of para-hydroxylation sites is 1. The van der Waals surface area contributed by atoms with E-state index in [0.29, 0.717) is 11.3 Å². The molecule has 0 bridgehead atoms. The molecule has 4 rings (SSSR count). The third kappa shape index (κ3) is 4.97. The van der Waals surface area contributed by atoms with Gasteiger partial charge in [-0.1, -0.05) is 42.5 Å². The first-order valence-corrected chi connectivity index (χ1v) is 12.9. The number of methoxy groups -OCH3 is 1. The molecule has 2 aliphatic heterocycles. The van der Waals surface area contributed by atoms with Crippen molar-refractivity contribution in [2.24, 2.45) is 0 Å². The van der Waals surface area contributed by atoms with Crippen molar-refractivity contribution in [3.05, 3.63) is 65.2 Å². The van der Waals surface area contributed by atoms with Crippen LogP contribution in [-0.2, 0) is 24.4 Å². The fraction of sp³-hybridized carbons (Fsp3) is 0.467. The van der Waals surface area contributed by atoms with Crippen LogP contribution in [0.2, 0.25) is 0 Å². The summed E-state index contributed by atoms with van der Waals surface area (Å²) < 4.78 is 16.7. The Kier molecular flexibility index (Phi) is 7.00. The SMILES string of the molecule is COC(=O)[C@@H]1C[C@@]2(c3ccc(C(C)=O)cc3)c3ccccc3N(C(=O)OC(C)(C)C)[C@H]2N1C(=O)OC(C)(C)C. The first kappa shape index (κ1) is 28.1. The molecule has 0 unspecified atom stereocenters. The van der Waals surface area contributed by atoms with Crippen LogP contribution < -0.4 is 4.90 Å². The van der Waals surface area contributed by atoms with E-state index in [9.17, 15) is 19.2 Å². The number of rotatable bonds is 3. The highest BCUT2D eigenvalue weighted by atomic mass is 16.6. The van der Waals surface area contributed by atoms with Gasteiger partial charge in [0.2, 0.25) is 0 Å². The number of esters is 1. The fourth-order valence-corrected chi connectivity index (χ4v) is 5.51. The quantitative estimate of drug-likeness (QED) is 0.292. The lowest BCUT2D eigenvalue weighted by Gasteiger charge is -2.38. The number of ketones is 1. The van der Waals surface area contributed by atoms with E-state index in [1.54, 1.807) is 65.8 Å². The van der Waals surface area contributed by atoms with Crippen molar-refractivity contribution in [1.82, 2.24) is 4.90 Å². The second kappa shape index (κ2) is 9.70. The number of carbonyl (C=O) groups is 4. The van der Waals surface area contributed by atoms with Crippen molar-refractivity contribution >= 4 is 29.6 Å². The molecule has 2 aliphatic rings. The molecule has 1 saturated heterocycles. The van der Waals surface area contributed by atoms with E-state index in [1.807, 2.05) is 24.3 Å². The minimum absolute atomic E-state index is 0.0907. The summed E-state index contributed by atoms with van der Waals surface area (Å²) >= 11 is 0. The summed E-state index contributed by atoms with van der Waals surface area (Å²) in [7, 11) is 1.26. The smallest absolute Gasteiger partial charge is 0.416 e. The van der Waals surface area contributed by atoms with Gasteiger partial charge in [-0.3, -0.25) is 14.6 Å². The van der Waals surface area contributed by atoms with Crippen LogP contribution in [0.5, 0.6) is 0 Å². The van der Waals surface area contributed by atoms with Crippen molar-refractivity contribution in [2.45, 2.75) is 83.7 Å². The Morgan fingerprint density at radius 1 is 0.846 bits per heavy atom. The van der Waals surface area contributed by atoms with Crippen LogP contribution in [0.4, 0.5) is 15.3 Å². The summed E-state index contributed by atoms with van der Waals surface area (Å²) in [5, 5.41) is 0. The molecule has 2 aromatic rings. The van der Waals surface area contributed by atoms with Crippen molar-refractivity contribution in [2.75, 3.05) is 12.0 Å². The number of amides is 2. The minimum Gasteiger partial charge on any atom is -0.467 e. The predicted molar refractivity (Wildman–Crippen MR) is 145 cm³/mol. The van der Waals surface area contributed by atoms with Crippen molar-refractivity contribution in [3.8, 4) is 0 Å². The zero-order valence-corrected chi connectivity index (χ0v) is 23.7. The zero-order valence-electron chi connectivity index (χ0n) is 23.7. The van der Waals surface area contributed by atoms with Gasteiger partial charge in [-0.2, -0.15) is 0 Å². The van der Waals surface area contributed by atoms with Gasteiger partial charge in [0.1, 0.15) is 23.4 Å². The van der Waals surface area contributed by atoms with Crippen LogP contribution in [0.15, 0.2) is 48.5 Å². The van der Waals surface area contributed by atoms with E-state index in [-0.39, 0.29) is 12.2 Å². The summed E-state index contributed by atoms with van der Waals surface area (Å²) in [5.74, 6) is -0.719. The van der Waals surface area contributed by atoms with Gasteiger partial charge in [0, 0.05) is 5.56 Å². The Balaban J connectivity index is 2.01. The van der Waals surface area contributed by atoms with Crippen LogP contribution in [0.3, 0.4) is 0 Å². The number of fused-ring (bicyclic) bond motifs is 3. The number of likely N-dealkylation sites (tertiary alicyclic amines) is 1. The highest BCUT2D eigenvalue weighted by Gasteiger charge is 2.66. The normalized spacial score (nSPS) is 22.2. The molecule has 0 radical (unpaired) electrons. The Hall–Kier alpha value is -3.88. The van der Waals surface area contributed by atoms with E-state index in [1.165, 1.54) is 23.8 Å². The van der Waals surface area contributed by atoms with Gasteiger partial charge in [-0.25, -0.2) is 14.4 Å². The molecule has 0 saturated carbocycles. The van der Waals surface area contributed by atoms with Crippen molar-refractivity contribution < 1.29 is 33.4 Å². The number of hydrogen-bond donors (Lipinski definition) is 0. The van der Waals surface area contributed by atoms with Crippen molar-refractivity contribution in [1.29, 1.82) is 0 Å². The molecule has 0 aliphatic carbocycles. The first-order chi connectivity index (χ1) is 18.1. The maximum absolute atomic E-state index is 13.8. The molecule has 39 heavy (non-hydrogen) atoms. The zero-order chi connectivity index (χ0) is 28.9.